The molecule has 24 heavy (non-hydrogen) atoms. The van der Waals surface area contributed by atoms with Crippen molar-refractivity contribution in [2.24, 2.45) is 5.92 Å². The third-order valence-electron chi connectivity index (χ3n) is 2.98. The molecule has 0 atom stereocenters. The Labute approximate surface area is 143 Å². The third kappa shape index (κ3) is 8.48. The molecular weight excluding hydrogens is 308 g/mol. The SMILES string of the molecule is C=C(C)C(=O)OCCCC(=O)Oc1ccc(COCC(C)C)cc1. The largest absolute Gasteiger partial charge is 0.462 e. The first kappa shape index (κ1) is 19.9. The molecule has 0 bridgehead atoms. The number of hydrogen-bond acceptors (Lipinski definition) is 5. The first-order chi connectivity index (χ1) is 11.4. The van der Waals surface area contributed by atoms with Gasteiger partial charge in [-0.1, -0.05) is 32.6 Å². The number of rotatable bonds is 10. The van der Waals surface area contributed by atoms with E-state index in [1.54, 1.807) is 19.1 Å². The van der Waals surface area contributed by atoms with Crippen molar-refractivity contribution in [1.82, 2.24) is 0 Å². The summed E-state index contributed by atoms with van der Waals surface area (Å²) in [6.07, 6.45) is 0.599. The normalized spacial score (nSPS) is 10.5. The summed E-state index contributed by atoms with van der Waals surface area (Å²) in [6.45, 7) is 10.7. The van der Waals surface area contributed by atoms with Crippen LogP contribution >= 0.6 is 0 Å². The maximum atomic E-state index is 11.7. The molecule has 1 rings (SSSR count). The quantitative estimate of drug-likeness (QED) is 0.283. The van der Waals surface area contributed by atoms with E-state index in [9.17, 15) is 9.59 Å². The van der Waals surface area contributed by atoms with E-state index in [0.717, 1.165) is 5.56 Å². The lowest BCUT2D eigenvalue weighted by atomic mass is 10.2. The van der Waals surface area contributed by atoms with Crippen LogP contribution in [0.25, 0.3) is 0 Å². The highest BCUT2D eigenvalue weighted by Crippen LogP contribution is 2.14. The Morgan fingerprint density at radius 1 is 1.17 bits per heavy atom. The van der Waals surface area contributed by atoms with E-state index >= 15 is 0 Å². The van der Waals surface area contributed by atoms with Gasteiger partial charge in [-0.05, 0) is 37.0 Å². The average Bonchev–Trinajstić information content (AvgIpc) is 2.52. The summed E-state index contributed by atoms with van der Waals surface area (Å²) in [7, 11) is 0. The van der Waals surface area contributed by atoms with E-state index in [4.69, 9.17) is 14.2 Å². The molecule has 0 heterocycles. The van der Waals surface area contributed by atoms with Crippen molar-refractivity contribution in [2.45, 2.75) is 40.2 Å². The standard InChI is InChI=1S/C19H26O5/c1-14(2)12-22-13-16-7-9-17(10-8-16)24-18(20)6-5-11-23-19(21)15(3)4/h7-10,14H,3,5-6,11-13H2,1-2,4H3. The van der Waals surface area contributed by atoms with Gasteiger partial charge >= 0.3 is 11.9 Å². The maximum Gasteiger partial charge on any atom is 0.333 e. The first-order valence-corrected chi connectivity index (χ1v) is 8.08. The van der Waals surface area contributed by atoms with Crippen LogP contribution in [0.2, 0.25) is 0 Å². The predicted octanol–water partition coefficient (Wildman–Crippen LogP) is 3.66. The second-order valence-electron chi connectivity index (χ2n) is 6.05. The van der Waals surface area contributed by atoms with Gasteiger partial charge in [0.05, 0.1) is 13.2 Å². The first-order valence-electron chi connectivity index (χ1n) is 8.08. The highest BCUT2D eigenvalue weighted by molar-refractivity contribution is 5.86. The zero-order valence-corrected chi connectivity index (χ0v) is 14.7. The maximum absolute atomic E-state index is 11.7. The van der Waals surface area contributed by atoms with Crippen molar-refractivity contribution in [3.63, 3.8) is 0 Å². The molecule has 0 fully saturated rings. The fourth-order valence-corrected chi connectivity index (χ4v) is 1.75. The van der Waals surface area contributed by atoms with Crippen LogP contribution in [0, 0.1) is 5.92 Å². The van der Waals surface area contributed by atoms with Crippen LogP contribution in [0.4, 0.5) is 0 Å². The van der Waals surface area contributed by atoms with Gasteiger partial charge in [0.2, 0.25) is 0 Å². The molecule has 0 amide bonds. The van der Waals surface area contributed by atoms with Crippen LogP contribution in [-0.4, -0.2) is 25.2 Å². The lowest BCUT2D eigenvalue weighted by Gasteiger charge is -2.08. The second kappa shape index (κ2) is 10.6. The molecule has 1 aromatic carbocycles. The Balaban J connectivity index is 2.26. The second-order valence-corrected chi connectivity index (χ2v) is 6.05. The average molecular weight is 334 g/mol. The van der Waals surface area contributed by atoms with Gasteiger partial charge in [0.1, 0.15) is 5.75 Å². The minimum atomic E-state index is -0.446. The van der Waals surface area contributed by atoms with Gasteiger partial charge < -0.3 is 14.2 Å². The van der Waals surface area contributed by atoms with Crippen molar-refractivity contribution in [2.75, 3.05) is 13.2 Å². The third-order valence-corrected chi connectivity index (χ3v) is 2.98. The Morgan fingerprint density at radius 3 is 2.42 bits per heavy atom. The van der Waals surface area contributed by atoms with Gasteiger partial charge in [-0.15, -0.1) is 0 Å². The summed E-state index contributed by atoms with van der Waals surface area (Å²) < 4.78 is 15.7. The summed E-state index contributed by atoms with van der Waals surface area (Å²) in [4.78, 5) is 22.9. The van der Waals surface area contributed by atoms with E-state index in [-0.39, 0.29) is 19.0 Å². The van der Waals surface area contributed by atoms with Gasteiger partial charge in [0.25, 0.3) is 0 Å². The molecule has 0 aliphatic carbocycles. The molecule has 0 aliphatic heterocycles. The van der Waals surface area contributed by atoms with Crippen molar-refractivity contribution < 1.29 is 23.8 Å². The molecule has 0 spiro atoms. The summed E-state index contributed by atoms with van der Waals surface area (Å²) in [5.41, 5.74) is 1.37. The molecule has 1 aromatic rings. The van der Waals surface area contributed by atoms with Crippen molar-refractivity contribution in [1.29, 1.82) is 0 Å². The minimum absolute atomic E-state index is 0.174. The summed E-state index contributed by atoms with van der Waals surface area (Å²) in [5, 5.41) is 0. The number of hydrogen-bond donors (Lipinski definition) is 0. The van der Waals surface area contributed by atoms with Crippen molar-refractivity contribution >= 4 is 11.9 Å². The van der Waals surface area contributed by atoms with Crippen LogP contribution in [0.5, 0.6) is 5.75 Å². The molecule has 0 radical (unpaired) electrons. The van der Waals surface area contributed by atoms with Crippen molar-refractivity contribution in [3.8, 4) is 5.75 Å². The van der Waals surface area contributed by atoms with Gasteiger partial charge in [-0.25, -0.2) is 4.79 Å². The lowest BCUT2D eigenvalue weighted by Crippen LogP contribution is -2.11. The van der Waals surface area contributed by atoms with Crippen LogP contribution in [0.15, 0.2) is 36.4 Å². The summed E-state index contributed by atoms with van der Waals surface area (Å²) in [6, 6.07) is 7.23. The summed E-state index contributed by atoms with van der Waals surface area (Å²) in [5.74, 6) is 0.190. The number of ether oxygens (including phenoxy) is 3. The predicted molar refractivity (Wildman–Crippen MR) is 91.6 cm³/mol. The Bertz CT molecular complexity index is 545. The molecule has 132 valence electrons. The minimum Gasteiger partial charge on any atom is -0.462 e. The molecule has 5 nitrogen and oxygen atoms in total. The van der Waals surface area contributed by atoms with E-state index in [0.29, 0.717) is 36.9 Å². The van der Waals surface area contributed by atoms with E-state index in [1.165, 1.54) is 0 Å². The zero-order valence-electron chi connectivity index (χ0n) is 14.7. The van der Waals surface area contributed by atoms with Crippen LogP contribution < -0.4 is 4.74 Å². The van der Waals surface area contributed by atoms with Crippen LogP contribution in [-0.2, 0) is 25.7 Å². The van der Waals surface area contributed by atoms with Gasteiger partial charge in [-0.2, -0.15) is 0 Å². The molecule has 0 aromatic heterocycles. The highest BCUT2D eigenvalue weighted by Gasteiger charge is 2.07. The lowest BCUT2D eigenvalue weighted by molar-refractivity contribution is -0.141. The number of carbonyl (C=O) groups is 2. The van der Waals surface area contributed by atoms with Gasteiger partial charge in [0.15, 0.2) is 0 Å². The smallest absolute Gasteiger partial charge is 0.333 e. The van der Waals surface area contributed by atoms with Crippen LogP contribution in [0.1, 0.15) is 39.2 Å². The van der Waals surface area contributed by atoms with E-state index < -0.39 is 5.97 Å². The highest BCUT2D eigenvalue weighted by atomic mass is 16.5. The monoisotopic (exact) mass is 334 g/mol. The zero-order chi connectivity index (χ0) is 17.9. The Hall–Kier alpha value is -2.14. The Morgan fingerprint density at radius 2 is 1.83 bits per heavy atom. The Kier molecular flexibility index (Phi) is 8.79. The molecule has 0 N–H and O–H groups in total. The van der Waals surface area contributed by atoms with E-state index in [2.05, 4.69) is 20.4 Å². The fraction of sp³-hybridized carbons (Fsp3) is 0.474. The molecule has 0 unspecified atom stereocenters. The van der Waals surface area contributed by atoms with Gasteiger partial charge in [-0.3, -0.25) is 4.79 Å². The molecule has 5 heteroatoms. The summed E-state index contributed by atoms with van der Waals surface area (Å²) >= 11 is 0. The molecular formula is C19H26O5. The molecule has 0 saturated carbocycles. The fourth-order valence-electron chi connectivity index (χ4n) is 1.75. The molecule has 0 aliphatic rings. The van der Waals surface area contributed by atoms with E-state index in [1.807, 2.05) is 12.1 Å². The topological polar surface area (TPSA) is 61.8 Å². The van der Waals surface area contributed by atoms with Crippen molar-refractivity contribution in [3.05, 3.63) is 42.0 Å². The van der Waals surface area contributed by atoms with Gasteiger partial charge in [0, 0.05) is 18.6 Å². The number of esters is 2. The number of carbonyl (C=O) groups excluding carboxylic acids is 2. The number of benzene rings is 1. The van der Waals surface area contributed by atoms with Crippen LogP contribution in [0.3, 0.4) is 0 Å². The molecule has 0 saturated heterocycles.